The smallest absolute Gasteiger partial charge is 0.0976 e. The lowest BCUT2D eigenvalue weighted by molar-refractivity contribution is 0.00175. The molecule has 2 atom stereocenters. The molecule has 1 aromatic carbocycles. The molecule has 0 aliphatic heterocycles. The van der Waals surface area contributed by atoms with Crippen molar-refractivity contribution >= 4 is 10.8 Å². The molecule has 19 heavy (non-hydrogen) atoms. The van der Waals surface area contributed by atoms with Gasteiger partial charge in [-0.25, -0.2) is 0 Å². The van der Waals surface area contributed by atoms with E-state index >= 15 is 0 Å². The molecule has 0 bridgehead atoms. The summed E-state index contributed by atoms with van der Waals surface area (Å²) in [6.07, 6.45) is 3.96. The van der Waals surface area contributed by atoms with E-state index in [1.54, 1.807) is 6.20 Å². The normalized spacial score (nSPS) is 16.5. The van der Waals surface area contributed by atoms with E-state index in [1.807, 2.05) is 44.6 Å². The van der Waals surface area contributed by atoms with E-state index in [2.05, 4.69) is 23.7 Å². The number of fused-ring (bicyclic) bond motifs is 1. The van der Waals surface area contributed by atoms with Crippen molar-refractivity contribution in [1.82, 2.24) is 9.88 Å². The van der Waals surface area contributed by atoms with E-state index in [1.165, 1.54) is 0 Å². The van der Waals surface area contributed by atoms with Crippen molar-refractivity contribution in [1.29, 1.82) is 0 Å². The number of pyridine rings is 1. The summed E-state index contributed by atoms with van der Waals surface area (Å²) in [6, 6.07) is 7.98. The minimum Gasteiger partial charge on any atom is -0.386 e. The third-order valence-electron chi connectivity index (χ3n) is 4.34. The highest BCUT2D eigenvalue weighted by Gasteiger charge is 2.35. The van der Waals surface area contributed by atoms with E-state index in [4.69, 9.17) is 0 Å². The van der Waals surface area contributed by atoms with Crippen LogP contribution in [0.4, 0.5) is 0 Å². The largest absolute Gasteiger partial charge is 0.386 e. The zero-order valence-corrected chi connectivity index (χ0v) is 12.1. The van der Waals surface area contributed by atoms with Crippen molar-refractivity contribution in [2.24, 2.45) is 0 Å². The van der Waals surface area contributed by atoms with E-state index in [0.717, 1.165) is 22.8 Å². The molecule has 0 spiro atoms. The van der Waals surface area contributed by atoms with Crippen LogP contribution in [0.25, 0.3) is 10.8 Å². The van der Waals surface area contributed by atoms with Gasteiger partial charge in [0.25, 0.3) is 0 Å². The zero-order valence-electron chi connectivity index (χ0n) is 12.1. The van der Waals surface area contributed by atoms with Gasteiger partial charge in [-0.1, -0.05) is 25.1 Å². The standard InChI is InChI=1S/C16H22N2O/c1-5-16(2,18(3)4)15(19)14-8-6-7-12-11-17-10-9-13(12)14/h6-11,15,19H,5H2,1-4H3. The second-order valence-electron chi connectivity index (χ2n) is 5.45. The molecule has 0 amide bonds. The molecule has 3 nitrogen and oxygen atoms in total. The number of likely N-dealkylation sites (N-methyl/N-ethyl adjacent to an activating group) is 1. The number of hydrogen-bond donors (Lipinski definition) is 1. The van der Waals surface area contributed by atoms with Gasteiger partial charge in [-0.3, -0.25) is 4.98 Å². The van der Waals surface area contributed by atoms with E-state index < -0.39 is 6.10 Å². The van der Waals surface area contributed by atoms with Crippen LogP contribution >= 0.6 is 0 Å². The Balaban J connectivity index is 2.55. The van der Waals surface area contributed by atoms with Gasteiger partial charge in [-0.05, 0) is 44.5 Å². The first-order valence-corrected chi connectivity index (χ1v) is 6.69. The summed E-state index contributed by atoms with van der Waals surface area (Å²) in [5, 5.41) is 13.0. The third kappa shape index (κ3) is 2.36. The molecule has 1 heterocycles. The number of aliphatic hydroxyl groups is 1. The number of nitrogens with zero attached hydrogens (tertiary/aromatic N) is 2. The highest BCUT2D eigenvalue weighted by molar-refractivity contribution is 5.85. The summed E-state index contributed by atoms with van der Waals surface area (Å²) in [7, 11) is 4.03. The first-order valence-electron chi connectivity index (χ1n) is 6.69. The van der Waals surface area contributed by atoms with Gasteiger partial charge in [0, 0.05) is 23.3 Å². The Bertz CT molecular complexity index is 562. The molecule has 0 saturated heterocycles. The molecule has 0 radical (unpaired) electrons. The summed E-state index contributed by atoms with van der Waals surface area (Å²) in [5.74, 6) is 0. The lowest BCUT2D eigenvalue weighted by Crippen LogP contribution is -2.46. The molecule has 0 aliphatic carbocycles. The van der Waals surface area contributed by atoms with Gasteiger partial charge in [0.2, 0.25) is 0 Å². The van der Waals surface area contributed by atoms with E-state index in [9.17, 15) is 5.11 Å². The van der Waals surface area contributed by atoms with Gasteiger partial charge in [0.1, 0.15) is 0 Å². The molecule has 1 aromatic heterocycles. The third-order valence-corrected chi connectivity index (χ3v) is 4.34. The van der Waals surface area contributed by atoms with Crippen molar-refractivity contribution in [2.75, 3.05) is 14.1 Å². The fourth-order valence-electron chi connectivity index (χ4n) is 2.48. The van der Waals surface area contributed by atoms with E-state index in [-0.39, 0.29) is 5.54 Å². The number of aliphatic hydroxyl groups excluding tert-OH is 1. The van der Waals surface area contributed by atoms with Crippen LogP contribution in [-0.2, 0) is 0 Å². The van der Waals surface area contributed by atoms with Gasteiger partial charge in [0.15, 0.2) is 0 Å². The quantitative estimate of drug-likeness (QED) is 0.916. The summed E-state index contributed by atoms with van der Waals surface area (Å²) in [6.45, 7) is 4.20. The fraction of sp³-hybridized carbons (Fsp3) is 0.438. The number of rotatable bonds is 4. The average Bonchev–Trinajstić information content (AvgIpc) is 2.44. The molecule has 0 aliphatic rings. The molecular weight excluding hydrogens is 236 g/mol. The van der Waals surface area contributed by atoms with Crippen molar-refractivity contribution in [3.05, 3.63) is 42.2 Å². The Kier molecular flexibility index (Phi) is 3.88. The van der Waals surface area contributed by atoms with E-state index in [0.29, 0.717) is 0 Å². The maximum absolute atomic E-state index is 10.8. The molecule has 2 aromatic rings. The maximum atomic E-state index is 10.8. The van der Waals surface area contributed by atoms with Crippen LogP contribution in [0.3, 0.4) is 0 Å². The maximum Gasteiger partial charge on any atom is 0.0976 e. The van der Waals surface area contributed by atoms with Crippen molar-refractivity contribution in [3.63, 3.8) is 0 Å². The summed E-state index contributed by atoms with van der Waals surface area (Å²) < 4.78 is 0. The Morgan fingerprint density at radius 2 is 2.05 bits per heavy atom. The molecule has 3 heteroatoms. The van der Waals surface area contributed by atoms with Crippen LogP contribution in [0, 0.1) is 0 Å². The van der Waals surface area contributed by atoms with Gasteiger partial charge in [-0.2, -0.15) is 0 Å². The second-order valence-corrected chi connectivity index (χ2v) is 5.45. The van der Waals surface area contributed by atoms with Crippen LogP contribution in [0.2, 0.25) is 0 Å². The van der Waals surface area contributed by atoms with Crippen LogP contribution < -0.4 is 0 Å². The monoisotopic (exact) mass is 258 g/mol. The lowest BCUT2D eigenvalue weighted by atomic mass is 9.84. The van der Waals surface area contributed by atoms with Crippen molar-refractivity contribution in [3.8, 4) is 0 Å². The Morgan fingerprint density at radius 3 is 2.68 bits per heavy atom. The first-order chi connectivity index (χ1) is 9.00. The minimum atomic E-state index is -0.529. The average molecular weight is 258 g/mol. The predicted molar refractivity (Wildman–Crippen MR) is 79.1 cm³/mol. The van der Waals surface area contributed by atoms with Gasteiger partial charge >= 0.3 is 0 Å². The van der Waals surface area contributed by atoms with Crippen LogP contribution in [0.1, 0.15) is 31.9 Å². The van der Waals surface area contributed by atoms with Crippen molar-refractivity contribution < 1.29 is 5.11 Å². The minimum absolute atomic E-state index is 0.280. The molecular formula is C16H22N2O. The van der Waals surface area contributed by atoms with Gasteiger partial charge in [-0.15, -0.1) is 0 Å². The predicted octanol–water partition coefficient (Wildman–Crippen LogP) is 3.00. The molecule has 2 rings (SSSR count). The highest BCUT2D eigenvalue weighted by Crippen LogP contribution is 2.35. The molecule has 102 valence electrons. The number of aromatic nitrogens is 1. The molecule has 0 fully saturated rings. The zero-order chi connectivity index (χ0) is 14.0. The first kappa shape index (κ1) is 14.0. The Labute approximate surface area is 114 Å². The second kappa shape index (κ2) is 5.27. The Hall–Kier alpha value is -1.45. The topological polar surface area (TPSA) is 36.4 Å². The summed E-state index contributed by atoms with van der Waals surface area (Å²) >= 11 is 0. The molecule has 0 saturated carbocycles. The summed E-state index contributed by atoms with van der Waals surface area (Å²) in [4.78, 5) is 6.23. The highest BCUT2D eigenvalue weighted by atomic mass is 16.3. The van der Waals surface area contributed by atoms with Gasteiger partial charge < -0.3 is 10.0 Å². The van der Waals surface area contributed by atoms with Crippen molar-refractivity contribution in [2.45, 2.75) is 31.9 Å². The molecule has 1 N–H and O–H groups in total. The number of hydrogen-bond acceptors (Lipinski definition) is 3. The Morgan fingerprint density at radius 1 is 1.32 bits per heavy atom. The van der Waals surface area contributed by atoms with Crippen LogP contribution in [0.5, 0.6) is 0 Å². The summed E-state index contributed by atoms with van der Waals surface area (Å²) in [5.41, 5.74) is 0.690. The SMILES string of the molecule is CCC(C)(C(O)c1cccc2cnccc12)N(C)C. The van der Waals surface area contributed by atoms with Gasteiger partial charge in [0.05, 0.1) is 6.10 Å². The number of benzene rings is 1. The lowest BCUT2D eigenvalue weighted by Gasteiger charge is -2.40. The van der Waals surface area contributed by atoms with Crippen LogP contribution in [-0.4, -0.2) is 34.6 Å². The molecule has 2 unspecified atom stereocenters. The van der Waals surface area contributed by atoms with Crippen LogP contribution in [0.15, 0.2) is 36.7 Å². The fourth-order valence-corrected chi connectivity index (χ4v) is 2.48.